The van der Waals surface area contributed by atoms with Crippen molar-refractivity contribution in [3.8, 4) is 0 Å². The standard InChI is InChI=1S/C17H22N4/c1-20(10-5-8-15-6-3-2-4-7-15)14-16-12-17-13-18-9-11-21(17)19-16/h2-8,12,18H,9-11,13-14H2,1H3. The molecule has 0 bridgehead atoms. The fraction of sp³-hybridized carbons (Fsp3) is 0.353. The number of likely N-dealkylation sites (N-methyl/N-ethyl adjacent to an activating group) is 1. The first kappa shape index (κ1) is 14.0. The number of nitrogens with zero attached hydrogens (tertiary/aromatic N) is 3. The van der Waals surface area contributed by atoms with Gasteiger partial charge in [0, 0.05) is 26.2 Å². The van der Waals surface area contributed by atoms with Crippen molar-refractivity contribution >= 4 is 6.08 Å². The summed E-state index contributed by atoms with van der Waals surface area (Å²) in [4.78, 5) is 2.28. The summed E-state index contributed by atoms with van der Waals surface area (Å²) in [5.74, 6) is 0. The van der Waals surface area contributed by atoms with Crippen molar-refractivity contribution in [2.45, 2.75) is 19.6 Å². The summed E-state index contributed by atoms with van der Waals surface area (Å²) >= 11 is 0. The minimum Gasteiger partial charge on any atom is -0.309 e. The van der Waals surface area contributed by atoms with E-state index in [1.807, 2.05) is 6.07 Å². The molecule has 0 amide bonds. The van der Waals surface area contributed by atoms with Crippen molar-refractivity contribution in [2.75, 3.05) is 20.1 Å². The van der Waals surface area contributed by atoms with Gasteiger partial charge in [0.15, 0.2) is 0 Å². The van der Waals surface area contributed by atoms with E-state index in [0.29, 0.717) is 0 Å². The van der Waals surface area contributed by atoms with Gasteiger partial charge in [0.2, 0.25) is 0 Å². The SMILES string of the molecule is CN(CC=Cc1ccccc1)Cc1cc2n(n1)CCNC2. The zero-order valence-electron chi connectivity index (χ0n) is 12.5. The van der Waals surface area contributed by atoms with Crippen LogP contribution < -0.4 is 5.32 Å². The number of hydrogen-bond donors (Lipinski definition) is 1. The molecular weight excluding hydrogens is 260 g/mol. The second kappa shape index (κ2) is 6.70. The van der Waals surface area contributed by atoms with Gasteiger partial charge in [-0.3, -0.25) is 9.58 Å². The zero-order chi connectivity index (χ0) is 14.5. The number of nitrogens with one attached hydrogen (secondary N) is 1. The molecule has 0 saturated heterocycles. The molecule has 0 aliphatic carbocycles. The molecule has 1 N–H and O–H groups in total. The molecule has 0 saturated carbocycles. The van der Waals surface area contributed by atoms with Crippen LogP contribution in [0.25, 0.3) is 6.08 Å². The second-order valence-corrected chi connectivity index (χ2v) is 5.54. The van der Waals surface area contributed by atoms with Crippen LogP contribution in [0, 0.1) is 0 Å². The molecule has 4 nitrogen and oxygen atoms in total. The molecule has 3 rings (SSSR count). The highest BCUT2D eigenvalue weighted by atomic mass is 15.3. The molecule has 1 aliphatic heterocycles. The Kier molecular flexibility index (Phi) is 4.48. The Hall–Kier alpha value is -1.91. The molecule has 110 valence electrons. The second-order valence-electron chi connectivity index (χ2n) is 5.54. The van der Waals surface area contributed by atoms with Gasteiger partial charge in [0.1, 0.15) is 0 Å². The maximum Gasteiger partial charge on any atom is 0.0768 e. The Bertz CT molecular complexity index is 577. The normalized spacial score (nSPS) is 14.8. The Morgan fingerprint density at radius 1 is 1.33 bits per heavy atom. The van der Waals surface area contributed by atoms with E-state index < -0.39 is 0 Å². The predicted molar refractivity (Wildman–Crippen MR) is 85.7 cm³/mol. The van der Waals surface area contributed by atoms with Crippen LogP contribution in [0.15, 0.2) is 42.5 Å². The van der Waals surface area contributed by atoms with E-state index in [1.54, 1.807) is 0 Å². The number of rotatable bonds is 5. The molecule has 1 aliphatic rings. The number of fused-ring (bicyclic) bond motifs is 1. The molecule has 2 aromatic rings. The summed E-state index contributed by atoms with van der Waals surface area (Å²) in [6.45, 7) is 4.75. The summed E-state index contributed by atoms with van der Waals surface area (Å²) in [5, 5.41) is 8.04. The van der Waals surface area contributed by atoms with Crippen LogP contribution in [0.4, 0.5) is 0 Å². The van der Waals surface area contributed by atoms with Crippen LogP contribution in [0.1, 0.15) is 17.0 Å². The monoisotopic (exact) mass is 282 g/mol. The highest BCUT2D eigenvalue weighted by Gasteiger charge is 2.12. The van der Waals surface area contributed by atoms with Crippen LogP contribution in [0.3, 0.4) is 0 Å². The Balaban J connectivity index is 1.53. The van der Waals surface area contributed by atoms with E-state index in [9.17, 15) is 0 Å². The van der Waals surface area contributed by atoms with Gasteiger partial charge in [-0.05, 0) is 18.7 Å². The minimum absolute atomic E-state index is 0.888. The highest BCUT2D eigenvalue weighted by molar-refractivity contribution is 5.48. The van der Waals surface area contributed by atoms with Crippen molar-refractivity contribution in [3.63, 3.8) is 0 Å². The molecule has 21 heavy (non-hydrogen) atoms. The molecule has 0 spiro atoms. The lowest BCUT2D eigenvalue weighted by Crippen LogP contribution is -2.28. The Morgan fingerprint density at radius 2 is 2.19 bits per heavy atom. The summed E-state index contributed by atoms with van der Waals surface area (Å²) < 4.78 is 2.12. The van der Waals surface area contributed by atoms with Crippen LogP contribution in [-0.4, -0.2) is 34.8 Å². The molecule has 0 atom stereocenters. The fourth-order valence-corrected chi connectivity index (χ4v) is 2.60. The molecular formula is C17H22N4. The molecule has 2 heterocycles. The van der Waals surface area contributed by atoms with E-state index >= 15 is 0 Å². The fourth-order valence-electron chi connectivity index (χ4n) is 2.60. The van der Waals surface area contributed by atoms with Crippen LogP contribution in [0.2, 0.25) is 0 Å². The summed E-state index contributed by atoms with van der Waals surface area (Å²) in [6.07, 6.45) is 4.37. The molecule has 0 unspecified atom stereocenters. The Morgan fingerprint density at radius 3 is 3.00 bits per heavy atom. The Labute approximate surface area is 126 Å². The van der Waals surface area contributed by atoms with Gasteiger partial charge >= 0.3 is 0 Å². The number of aromatic nitrogens is 2. The molecule has 0 radical (unpaired) electrons. The number of benzene rings is 1. The molecule has 0 fully saturated rings. The van der Waals surface area contributed by atoms with E-state index in [0.717, 1.165) is 38.4 Å². The van der Waals surface area contributed by atoms with Crippen molar-refractivity contribution in [2.24, 2.45) is 0 Å². The lowest BCUT2D eigenvalue weighted by Gasteiger charge is -2.14. The summed E-state index contributed by atoms with van der Waals surface area (Å²) in [5.41, 5.74) is 3.70. The summed E-state index contributed by atoms with van der Waals surface area (Å²) in [7, 11) is 2.13. The van der Waals surface area contributed by atoms with Gasteiger partial charge in [-0.1, -0.05) is 42.5 Å². The lowest BCUT2D eigenvalue weighted by atomic mass is 10.2. The first-order valence-electron chi connectivity index (χ1n) is 7.48. The average Bonchev–Trinajstić information content (AvgIpc) is 2.90. The third kappa shape index (κ3) is 3.80. The maximum absolute atomic E-state index is 4.67. The van der Waals surface area contributed by atoms with Gasteiger partial charge in [-0.15, -0.1) is 0 Å². The largest absolute Gasteiger partial charge is 0.309 e. The smallest absolute Gasteiger partial charge is 0.0768 e. The molecule has 1 aromatic carbocycles. The van der Waals surface area contributed by atoms with Gasteiger partial charge in [-0.25, -0.2) is 0 Å². The first-order chi connectivity index (χ1) is 10.3. The molecule has 1 aromatic heterocycles. The van der Waals surface area contributed by atoms with E-state index in [2.05, 4.69) is 69.5 Å². The van der Waals surface area contributed by atoms with Crippen LogP contribution in [-0.2, 0) is 19.6 Å². The molecule has 4 heteroatoms. The van der Waals surface area contributed by atoms with Crippen molar-refractivity contribution in [1.29, 1.82) is 0 Å². The first-order valence-corrected chi connectivity index (χ1v) is 7.48. The predicted octanol–water partition coefficient (Wildman–Crippen LogP) is 2.13. The maximum atomic E-state index is 4.67. The van der Waals surface area contributed by atoms with Crippen LogP contribution >= 0.6 is 0 Å². The third-order valence-electron chi connectivity index (χ3n) is 3.68. The van der Waals surface area contributed by atoms with E-state index in [1.165, 1.54) is 11.3 Å². The van der Waals surface area contributed by atoms with Crippen LogP contribution in [0.5, 0.6) is 0 Å². The summed E-state index contributed by atoms with van der Waals surface area (Å²) in [6, 6.07) is 12.6. The quantitative estimate of drug-likeness (QED) is 0.912. The number of hydrogen-bond acceptors (Lipinski definition) is 3. The highest BCUT2D eigenvalue weighted by Crippen LogP contribution is 2.09. The van der Waals surface area contributed by atoms with Crippen molar-refractivity contribution < 1.29 is 0 Å². The zero-order valence-corrected chi connectivity index (χ0v) is 12.5. The van der Waals surface area contributed by atoms with Gasteiger partial charge < -0.3 is 5.32 Å². The topological polar surface area (TPSA) is 33.1 Å². The minimum atomic E-state index is 0.888. The average molecular weight is 282 g/mol. The van der Waals surface area contributed by atoms with Crippen molar-refractivity contribution in [3.05, 3.63) is 59.4 Å². The van der Waals surface area contributed by atoms with E-state index in [-0.39, 0.29) is 0 Å². The van der Waals surface area contributed by atoms with Gasteiger partial charge in [0.25, 0.3) is 0 Å². The lowest BCUT2D eigenvalue weighted by molar-refractivity contribution is 0.356. The third-order valence-corrected chi connectivity index (χ3v) is 3.68. The van der Waals surface area contributed by atoms with Crippen molar-refractivity contribution in [1.82, 2.24) is 20.0 Å². The van der Waals surface area contributed by atoms with Gasteiger partial charge in [0.05, 0.1) is 17.9 Å². The van der Waals surface area contributed by atoms with E-state index in [4.69, 9.17) is 0 Å². The van der Waals surface area contributed by atoms with Gasteiger partial charge in [-0.2, -0.15) is 5.10 Å².